The molecule has 2 aromatic heterocycles. The minimum absolute atomic E-state index is 0.0221. The molecule has 4 rings (SSSR count). The smallest absolute Gasteiger partial charge is 0.263 e. The number of hydrogen-bond donors (Lipinski definition) is 2. The molecular weight excluding hydrogens is 408 g/mol. The number of rotatable bonds is 5. The van der Waals surface area contributed by atoms with Crippen LogP contribution in [0.15, 0.2) is 28.2 Å². The number of thioether (sulfide) groups is 1. The molecular formula is C21H22N2O4S2. The first-order valence-electron chi connectivity index (χ1n) is 9.57. The summed E-state index contributed by atoms with van der Waals surface area (Å²) in [6, 6.07) is 4.03. The molecule has 0 amide bonds. The molecule has 1 aliphatic rings. The highest BCUT2D eigenvalue weighted by molar-refractivity contribution is 7.99. The van der Waals surface area contributed by atoms with Crippen molar-refractivity contribution >= 4 is 39.1 Å². The predicted octanol–water partition coefficient (Wildman–Crippen LogP) is 4.58. The van der Waals surface area contributed by atoms with Gasteiger partial charge in [-0.15, -0.1) is 11.3 Å². The van der Waals surface area contributed by atoms with Gasteiger partial charge in [-0.25, -0.2) is 4.98 Å². The molecule has 0 saturated heterocycles. The molecule has 3 aromatic rings. The quantitative estimate of drug-likeness (QED) is 0.350. The predicted molar refractivity (Wildman–Crippen MR) is 116 cm³/mol. The number of aromatic nitrogens is 2. The lowest BCUT2D eigenvalue weighted by atomic mass is 10.1. The third-order valence-corrected chi connectivity index (χ3v) is 7.56. The van der Waals surface area contributed by atoms with Crippen molar-refractivity contribution in [1.82, 2.24) is 9.55 Å². The van der Waals surface area contributed by atoms with Crippen LogP contribution in [0.1, 0.15) is 52.5 Å². The molecule has 6 nitrogen and oxygen atoms in total. The van der Waals surface area contributed by atoms with E-state index in [1.807, 2.05) is 13.8 Å². The Morgan fingerprint density at radius 3 is 2.69 bits per heavy atom. The van der Waals surface area contributed by atoms with Crippen LogP contribution in [0.4, 0.5) is 0 Å². The topological polar surface area (TPSA) is 92.4 Å². The zero-order valence-electron chi connectivity index (χ0n) is 16.3. The number of aromatic hydroxyl groups is 2. The minimum Gasteiger partial charge on any atom is -0.508 e. The van der Waals surface area contributed by atoms with Gasteiger partial charge in [0.2, 0.25) is 0 Å². The summed E-state index contributed by atoms with van der Waals surface area (Å²) in [7, 11) is 0. The molecule has 0 unspecified atom stereocenters. The summed E-state index contributed by atoms with van der Waals surface area (Å²) in [5, 5.41) is 20.6. The first kappa shape index (κ1) is 20.0. The van der Waals surface area contributed by atoms with Gasteiger partial charge in [0.15, 0.2) is 10.9 Å². The number of thiophene rings is 1. The van der Waals surface area contributed by atoms with Crippen LogP contribution in [0.25, 0.3) is 10.2 Å². The maximum atomic E-state index is 13.3. The summed E-state index contributed by atoms with van der Waals surface area (Å²) in [5.41, 5.74) is 1.11. The molecule has 152 valence electrons. The van der Waals surface area contributed by atoms with Crippen molar-refractivity contribution in [3.63, 3.8) is 0 Å². The number of carbonyl (C=O) groups is 1. The van der Waals surface area contributed by atoms with Crippen molar-refractivity contribution in [2.75, 3.05) is 5.75 Å². The number of carbonyl (C=O) groups excluding carboxylic acids is 1. The number of nitrogens with zero attached hydrogens (tertiary/aromatic N) is 2. The monoisotopic (exact) mass is 430 g/mol. The van der Waals surface area contributed by atoms with Crippen molar-refractivity contribution in [1.29, 1.82) is 0 Å². The molecule has 29 heavy (non-hydrogen) atoms. The fourth-order valence-corrected chi connectivity index (χ4v) is 5.86. The molecule has 2 heterocycles. The Morgan fingerprint density at radius 2 is 2.00 bits per heavy atom. The standard InChI is InChI=1S/C21H22N2O4S2/c1-11-12(2)29-19-18(11)20(27)23(13-5-3-4-6-13)21(22-19)28-10-17(26)15-8-7-14(24)9-16(15)25/h7-9,13,24-25H,3-6,10H2,1-2H3. The highest BCUT2D eigenvalue weighted by atomic mass is 32.2. The molecule has 2 N–H and O–H groups in total. The molecule has 0 spiro atoms. The van der Waals surface area contributed by atoms with E-state index in [1.165, 1.54) is 35.2 Å². The number of Topliss-reactive ketones (excluding diaryl/α,β-unsaturated/α-hetero) is 1. The van der Waals surface area contributed by atoms with Crippen molar-refractivity contribution in [2.45, 2.75) is 50.7 Å². The van der Waals surface area contributed by atoms with E-state index in [9.17, 15) is 19.8 Å². The molecule has 0 atom stereocenters. The number of benzene rings is 1. The van der Waals surface area contributed by atoms with Crippen molar-refractivity contribution in [3.8, 4) is 11.5 Å². The number of fused-ring (bicyclic) bond motifs is 1. The van der Waals surface area contributed by atoms with Crippen LogP contribution in [-0.4, -0.2) is 31.3 Å². The van der Waals surface area contributed by atoms with E-state index in [2.05, 4.69) is 0 Å². The van der Waals surface area contributed by atoms with E-state index in [-0.39, 0.29) is 40.2 Å². The first-order valence-corrected chi connectivity index (χ1v) is 11.4. The van der Waals surface area contributed by atoms with Crippen molar-refractivity contribution < 1.29 is 15.0 Å². The Labute approximate surface area is 176 Å². The number of phenolic OH excluding ortho intramolecular Hbond substituents is 2. The van der Waals surface area contributed by atoms with E-state index in [4.69, 9.17) is 4.98 Å². The van der Waals surface area contributed by atoms with Crippen LogP contribution in [0, 0.1) is 13.8 Å². The van der Waals surface area contributed by atoms with Crippen LogP contribution in [0.5, 0.6) is 11.5 Å². The average Bonchev–Trinajstić information content (AvgIpc) is 3.28. The maximum Gasteiger partial charge on any atom is 0.263 e. The largest absolute Gasteiger partial charge is 0.508 e. The molecule has 1 aromatic carbocycles. The number of ketones is 1. The van der Waals surface area contributed by atoms with E-state index in [0.717, 1.165) is 42.2 Å². The van der Waals surface area contributed by atoms with Crippen LogP contribution in [-0.2, 0) is 0 Å². The maximum absolute atomic E-state index is 13.3. The van der Waals surface area contributed by atoms with Gasteiger partial charge in [-0.3, -0.25) is 14.2 Å². The second-order valence-corrected chi connectivity index (χ2v) is 9.53. The molecule has 1 aliphatic carbocycles. The van der Waals surface area contributed by atoms with Gasteiger partial charge >= 0.3 is 0 Å². The lowest BCUT2D eigenvalue weighted by molar-refractivity contribution is 0.102. The van der Waals surface area contributed by atoms with E-state index in [0.29, 0.717) is 15.4 Å². The lowest BCUT2D eigenvalue weighted by Crippen LogP contribution is -2.26. The van der Waals surface area contributed by atoms with Gasteiger partial charge in [-0.2, -0.15) is 0 Å². The number of aryl methyl sites for hydroxylation is 2. The van der Waals surface area contributed by atoms with Crippen LogP contribution in [0.3, 0.4) is 0 Å². The van der Waals surface area contributed by atoms with E-state index < -0.39 is 0 Å². The van der Waals surface area contributed by atoms with Gasteiger partial charge < -0.3 is 10.2 Å². The molecule has 8 heteroatoms. The summed E-state index contributed by atoms with van der Waals surface area (Å²) in [6.07, 6.45) is 4.05. The second-order valence-electron chi connectivity index (χ2n) is 7.38. The summed E-state index contributed by atoms with van der Waals surface area (Å²) >= 11 is 2.73. The third-order valence-electron chi connectivity index (χ3n) is 5.51. The SMILES string of the molecule is Cc1sc2nc(SCC(=O)c3ccc(O)cc3O)n(C3CCCC3)c(=O)c2c1C. The summed E-state index contributed by atoms with van der Waals surface area (Å²) in [4.78, 5) is 32.5. The molecule has 1 fully saturated rings. The van der Waals surface area contributed by atoms with Crippen molar-refractivity contribution in [3.05, 3.63) is 44.6 Å². The fraction of sp³-hybridized carbons (Fsp3) is 0.381. The van der Waals surface area contributed by atoms with Crippen LogP contribution < -0.4 is 5.56 Å². The minimum atomic E-state index is -0.279. The number of phenols is 2. The molecule has 0 radical (unpaired) electrons. The Balaban J connectivity index is 1.71. The zero-order valence-corrected chi connectivity index (χ0v) is 17.9. The first-order chi connectivity index (χ1) is 13.9. The zero-order chi connectivity index (χ0) is 20.7. The fourth-order valence-electron chi connectivity index (χ4n) is 3.84. The Kier molecular flexibility index (Phi) is 5.40. The third kappa shape index (κ3) is 3.67. The molecule has 0 bridgehead atoms. The Hall–Kier alpha value is -2.32. The number of hydrogen-bond acceptors (Lipinski definition) is 7. The molecule has 1 saturated carbocycles. The van der Waals surface area contributed by atoms with Gasteiger partial charge in [0.05, 0.1) is 16.7 Å². The van der Waals surface area contributed by atoms with Gasteiger partial charge in [-0.05, 0) is 44.4 Å². The Morgan fingerprint density at radius 1 is 1.28 bits per heavy atom. The van der Waals surface area contributed by atoms with Crippen LogP contribution >= 0.6 is 23.1 Å². The molecule has 0 aliphatic heterocycles. The highest BCUT2D eigenvalue weighted by Crippen LogP contribution is 2.35. The van der Waals surface area contributed by atoms with E-state index in [1.54, 1.807) is 4.57 Å². The van der Waals surface area contributed by atoms with Gasteiger partial charge in [0.25, 0.3) is 5.56 Å². The van der Waals surface area contributed by atoms with E-state index >= 15 is 0 Å². The summed E-state index contributed by atoms with van der Waals surface area (Å²) in [5.74, 6) is -0.584. The lowest BCUT2D eigenvalue weighted by Gasteiger charge is -2.18. The van der Waals surface area contributed by atoms with Crippen LogP contribution in [0.2, 0.25) is 0 Å². The Bertz CT molecular complexity index is 1160. The van der Waals surface area contributed by atoms with Gasteiger partial charge in [0.1, 0.15) is 16.3 Å². The summed E-state index contributed by atoms with van der Waals surface area (Å²) in [6.45, 7) is 3.95. The van der Waals surface area contributed by atoms with Crippen molar-refractivity contribution in [2.24, 2.45) is 0 Å². The normalized spacial score (nSPS) is 14.7. The summed E-state index contributed by atoms with van der Waals surface area (Å²) < 4.78 is 1.78. The second kappa shape index (κ2) is 7.84. The van der Waals surface area contributed by atoms with Gasteiger partial charge in [-0.1, -0.05) is 24.6 Å². The highest BCUT2D eigenvalue weighted by Gasteiger charge is 2.25. The average molecular weight is 431 g/mol. The van der Waals surface area contributed by atoms with Gasteiger partial charge in [0, 0.05) is 17.0 Å².